The van der Waals surface area contributed by atoms with Gasteiger partial charge in [-0.1, -0.05) is 13.0 Å². The van der Waals surface area contributed by atoms with Gasteiger partial charge in [-0.2, -0.15) is 13.2 Å². The minimum absolute atomic E-state index is 0.145. The summed E-state index contributed by atoms with van der Waals surface area (Å²) in [6, 6.07) is 0. The maximum Gasteiger partial charge on any atom is 0.422 e. The van der Waals surface area contributed by atoms with E-state index in [1.54, 1.807) is 0 Å². The van der Waals surface area contributed by atoms with Crippen molar-refractivity contribution in [2.45, 2.75) is 56.6 Å². The lowest BCUT2D eigenvalue weighted by atomic mass is 9.65. The van der Waals surface area contributed by atoms with Crippen LogP contribution in [0.5, 0.6) is 0 Å². The van der Waals surface area contributed by atoms with E-state index < -0.39 is 23.8 Å². The third kappa shape index (κ3) is 1.76. The van der Waals surface area contributed by atoms with Gasteiger partial charge in [-0.3, -0.25) is 0 Å². The van der Waals surface area contributed by atoms with Crippen molar-refractivity contribution in [1.82, 2.24) is 0 Å². The number of rotatable bonds is 2. The molecular weight excluding hydrogens is 297 g/mol. The SMILES string of the molecule is C=C(C(=O)OC1C2CC3C1OC1(C)CCCC2C31)C(F)(F)F. The van der Waals surface area contributed by atoms with E-state index in [9.17, 15) is 18.0 Å². The Kier molecular flexibility index (Phi) is 2.83. The van der Waals surface area contributed by atoms with E-state index >= 15 is 0 Å². The normalized spacial score (nSPS) is 48.5. The summed E-state index contributed by atoms with van der Waals surface area (Å²) in [5.41, 5.74) is -1.62. The molecule has 22 heavy (non-hydrogen) atoms. The standard InChI is InChI=1S/C16H19F3O3/c1-7(16(17,18)19)14(20)21-12-9-6-10-11-8(9)4-3-5-15(11,2)22-13(10)12/h8-13H,1,3-6H2,2H3. The molecule has 1 aliphatic heterocycles. The third-order valence-electron chi connectivity index (χ3n) is 6.34. The van der Waals surface area contributed by atoms with Crippen molar-refractivity contribution in [1.29, 1.82) is 0 Å². The fraction of sp³-hybridized carbons (Fsp3) is 0.812. The Morgan fingerprint density at radius 1 is 1.32 bits per heavy atom. The first-order chi connectivity index (χ1) is 10.2. The number of alkyl halides is 3. The topological polar surface area (TPSA) is 35.5 Å². The van der Waals surface area contributed by atoms with Crippen LogP contribution in [0.2, 0.25) is 0 Å². The molecule has 6 heteroatoms. The lowest BCUT2D eigenvalue weighted by Gasteiger charge is -2.40. The van der Waals surface area contributed by atoms with Crippen LogP contribution < -0.4 is 0 Å². The summed E-state index contributed by atoms with van der Waals surface area (Å²) in [4.78, 5) is 11.8. The van der Waals surface area contributed by atoms with Crippen LogP contribution in [0, 0.1) is 23.7 Å². The average Bonchev–Trinajstić information content (AvgIpc) is 3.03. The van der Waals surface area contributed by atoms with Gasteiger partial charge in [0.2, 0.25) is 0 Å². The molecule has 4 fully saturated rings. The van der Waals surface area contributed by atoms with Crippen molar-refractivity contribution in [3.63, 3.8) is 0 Å². The molecule has 4 aliphatic rings. The van der Waals surface area contributed by atoms with E-state index in [0.717, 1.165) is 25.7 Å². The van der Waals surface area contributed by atoms with E-state index in [4.69, 9.17) is 9.47 Å². The maximum absolute atomic E-state index is 12.6. The Hall–Kier alpha value is -1.04. The Balaban J connectivity index is 1.56. The van der Waals surface area contributed by atoms with Gasteiger partial charge >= 0.3 is 12.1 Å². The van der Waals surface area contributed by atoms with E-state index in [2.05, 4.69) is 13.5 Å². The number of fused-ring (bicyclic) bond motifs is 2. The number of esters is 1. The quantitative estimate of drug-likeness (QED) is 0.579. The predicted molar refractivity (Wildman–Crippen MR) is 70.8 cm³/mol. The van der Waals surface area contributed by atoms with Crippen LogP contribution in [-0.4, -0.2) is 30.0 Å². The summed E-state index contributed by atoms with van der Waals surface area (Å²) in [6.07, 6.45) is -1.49. The van der Waals surface area contributed by atoms with Crippen LogP contribution in [0.3, 0.4) is 0 Å². The average molecular weight is 316 g/mol. The molecule has 0 aromatic carbocycles. The summed E-state index contributed by atoms with van der Waals surface area (Å²) in [5.74, 6) is 0.0256. The van der Waals surface area contributed by atoms with Crippen molar-refractivity contribution >= 4 is 5.97 Å². The van der Waals surface area contributed by atoms with Crippen LogP contribution in [-0.2, 0) is 14.3 Å². The predicted octanol–water partition coefficient (Wildman–Crippen LogP) is 3.24. The zero-order valence-corrected chi connectivity index (χ0v) is 12.4. The first kappa shape index (κ1) is 14.5. The Morgan fingerprint density at radius 2 is 2.05 bits per heavy atom. The lowest BCUT2D eigenvalue weighted by molar-refractivity contribution is -0.166. The Bertz CT molecular complexity index is 541. The molecule has 7 atom stereocenters. The molecule has 0 radical (unpaired) electrons. The molecule has 122 valence electrons. The molecule has 7 unspecified atom stereocenters. The van der Waals surface area contributed by atoms with E-state index in [1.165, 1.54) is 0 Å². The molecule has 4 rings (SSSR count). The first-order valence-corrected chi connectivity index (χ1v) is 7.87. The van der Waals surface area contributed by atoms with Crippen LogP contribution in [0.1, 0.15) is 32.6 Å². The van der Waals surface area contributed by atoms with Crippen LogP contribution >= 0.6 is 0 Å². The number of carbonyl (C=O) groups excluding carboxylic acids is 1. The fourth-order valence-corrected chi connectivity index (χ4v) is 5.65. The monoisotopic (exact) mass is 316 g/mol. The second-order valence-corrected chi connectivity index (χ2v) is 7.39. The molecule has 0 aromatic rings. The van der Waals surface area contributed by atoms with Gasteiger partial charge in [0.15, 0.2) is 0 Å². The highest BCUT2D eigenvalue weighted by atomic mass is 19.4. The van der Waals surface area contributed by atoms with Gasteiger partial charge in [0.1, 0.15) is 11.7 Å². The molecule has 2 bridgehead atoms. The van der Waals surface area contributed by atoms with E-state index in [-0.39, 0.29) is 17.6 Å². The molecule has 0 N–H and O–H groups in total. The zero-order chi connectivity index (χ0) is 15.9. The molecule has 0 spiro atoms. The van der Waals surface area contributed by atoms with Crippen LogP contribution in [0.4, 0.5) is 13.2 Å². The number of hydrogen-bond acceptors (Lipinski definition) is 3. The van der Waals surface area contributed by atoms with Gasteiger partial charge < -0.3 is 9.47 Å². The van der Waals surface area contributed by atoms with Gasteiger partial charge in [0.05, 0.1) is 11.7 Å². The molecule has 3 saturated carbocycles. The third-order valence-corrected chi connectivity index (χ3v) is 6.34. The minimum atomic E-state index is -4.74. The Morgan fingerprint density at radius 3 is 2.73 bits per heavy atom. The maximum atomic E-state index is 12.6. The molecule has 0 aromatic heterocycles. The van der Waals surface area contributed by atoms with E-state index in [1.807, 2.05) is 0 Å². The second kappa shape index (κ2) is 4.28. The fourth-order valence-electron chi connectivity index (χ4n) is 5.65. The van der Waals surface area contributed by atoms with Gasteiger partial charge in [0, 0.05) is 5.92 Å². The lowest BCUT2D eigenvalue weighted by Crippen LogP contribution is -2.44. The van der Waals surface area contributed by atoms with Crippen molar-refractivity contribution in [2.24, 2.45) is 23.7 Å². The molecule has 1 heterocycles. The van der Waals surface area contributed by atoms with Crippen molar-refractivity contribution in [3.8, 4) is 0 Å². The number of ether oxygens (including phenoxy) is 2. The number of halogens is 3. The summed E-state index contributed by atoms with van der Waals surface area (Å²) in [6.45, 7) is 4.94. The molecule has 3 nitrogen and oxygen atoms in total. The van der Waals surface area contributed by atoms with Gasteiger partial charge in [-0.05, 0) is 43.9 Å². The molecule has 0 amide bonds. The van der Waals surface area contributed by atoms with Gasteiger partial charge in [-0.15, -0.1) is 0 Å². The summed E-state index contributed by atoms with van der Waals surface area (Å²) in [5, 5.41) is 0. The highest BCUT2D eigenvalue weighted by Gasteiger charge is 2.70. The molecule has 1 saturated heterocycles. The van der Waals surface area contributed by atoms with Crippen LogP contribution in [0.15, 0.2) is 12.2 Å². The molecule has 3 aliphatic carbocycles. The summed E-state index contributed by atoms with van der Waals surface area (Å²) < 4.78 is 49.2. The minimum Gasteiger partial charge on any atom is -0.456 e. The number of carbonyl (C=O) groups is 1. The van der Waals surface area contributed by atoms with Crippen molar-refractivity contribution in [3.05, 3.63) is 12.2 Å². The highest BCUT2D eigenvalue weighted by Crippen LogP contribution is 2.67. The molecular formula is C16H19F3O3. The smallest absolute Gasteiger partial charge is 0.422 e. The van der Waals surface area contributed by atoms with Gasteiger partial charge in [0.25, 0.3) is 0 Å². The summed E-state index contributed by atoms with van der Waals surface area (Å²) >= 11 is 0. The van der Waals surface area contributed by atoms with Crippen molar-refractivity contribution in [2.75, 3.05) is 0 Å². The first-order valence-electron chi connectivity index (χ1n) is 7.87. The second-order valence-electron chi connectivity index (χ2n) is 7.39. The highest BCUT2D eigenvalue weighted by molar-refractivity contribution is 5.89. The number of hydrogen-bond donors (Lipinski definition) is 0. The largest absolute Gasteiger partial charge is 0.456 e. The Labute approximate surface area is 126 Å². The van der Waals surface area contributed by atoms with Gasteiger partial charge in [-0.25, -0.2) is 4.79 Å². The van der Waals surface area contributed by atoms with Crippen LogP contribution in [0.25, 0.3) is 0 Å². The zero-order valence-electron chi connectivity index (χ0n) is 12.4. The van der Waals surface area contributed by atoms with E-state index in [0.29, 0.717) is 17.8 Å². The van der Waals surface area contributed by atoms with Crippen molar-refractivity contribution < 1.29 is 27.4 Å². The summed E-state index contributed by atoms with van der Waals surface area (Å²) in [7, 11) is 0.